The molecule has 134 valence electrons. The van der Waals surface area contributed by atoms with Gasteiger partial charge in [-0.05, 0) is 37.5 Å². The predicted molar refractivity (Wildman–Crippen MR) is 87.2 cm³/mol. The third-order valence-electron chi connectivity index (χ3n) is 5.46. The zero-order chi connectivity index (χ0) is 16.4. The van der Waals surface area contributed by atoms with Crippen LogP contribution in [0.2, 0.25) is 0 Å². The normalized spacial score (nSPS) is 31.7. The Morgan fingerprint density at radius 2 is 1.87 bits per heavy atom. The van der Waals surface area contributed by atoms with Crippen molar-refractivity contribution < 1.29 is 18.3 Å². The topological polar surface area (TPSA) is 82.1 Å². The van der Waals surface area contributed by atoms with Crippen LogP contribution >= 0.6 is 0 Å². The van der Waals surface area contributed by atoms with E-state index in [1.165, 1.54) is 12.8 Å². The minimum absolute atomic E-state index is 0.0285. The first-order valence-corrected chi connectivity index (χ1v) is 10.1. The van der Waals surface area contributed by atoms with Crippen LogP contribution in [0.3, 0.4) is 0 Å². The lowest BCUT2D eigenvalue weighted by Gasteiger charge is -2.32. The van der Waals surface area contributed by atoms with Gasteiger partial charge >= 0.3 is 0 Å². The van der Waals surface area contributed by atoms with Crippen LogP contribution in [0.5, 0.6) is 0 Å². The van der Waals surface area contributed by atoms with Crippen LogP contribution in [-0.4, -0.2) is 81.3 Å². The van der Waals surface area contributed by atoms with Crippen molar-refractivity contribution in [1.82, 2.24) is 13.9 Å². The highest BCUT2D eigenvalue weighted by molar-refractivity contribution is 7.87. The Morgan fingerprint density at radius 1 is 1.17 bits per heavy atom. The third-order valence-corrected chi connectivity index (χ3v) is 7.10. The highest BCUT2D eigenvalue weighted by Crippen LogP contribution is 2.41. The van der Waals surface area contributed by atoms with Crippen LogP contribution in [-0.2, 0) is 14.9 Å². The van der Waals surface area contributed by atoms with E-state index in [1.807, 2.05) is 0 Å². The van der Waals surface area contributed by atoms with E-state index in [2.05, 4.69) is 9.62 Å². The molecule has 2 aliphatic heterocycles. The summed E-state index contributed by atoms with van der Waals surface area (Å²) in [5.41, 5.74) is 0. The summed E-state index contributed by atoms with van der Waals surface area (Å²) < 4.78 is 35.2. The van der Waals surface area contributed by atoms with Crippen molar-refractivity contribution in [2.45, 2.75) is 37.8 Å². The number of rotatable bonds is 7. The fourth-order valence-electron chi connectivity index (χ4n) is 3.94. The molecule has 0 spiro atoms. The maximum Gasteiger partial charge on any atom is 0.279 e. The molecule has 2 saturated heterocycles. The molecule has 2 N–H and O–H groups in total. The molecule has 2 atom stereocenters. The molecule has 2 heterocycles. The summed E-state index contributed by atoms with van der Waals surface area (Å²) in [6, 6.07) is -0.0285. The molecule has 7 nitrogen and oxygen atoms in total. The average Bonchev–Trinajstić information content (AvgIpc) is 3.31. The van der Waals surface area contributed by atoms with Gasteiger partial charge in [-0.1, -0.05) is 0 Å². The largest absolute Gasteiger partial charge is 0.395 e. The van der Waals surface area contributed by atoms with E-state index in [0.29, 0.717) is 38.0 Å². The number of ether oxygens (including phenoxy) is 1. The second kappa shape index (κ2) is 7.33. The fourth-order valence-corrected chi connectivity index (χ4v) is 5.41. The number of aliphatic hydroxyl groups excluding tert-OH is 1. The lowest BCUT2D eigenvalue weighted by molar-refractivity contribution is 0.0601. The van der Waals surface area contributed by atoms with Gasteiger partial charge in [0.05, 0.1) is 12.7 Å². The molecule has 23 heavy (non-hydrogen) atoms. The molecule has 0 radical (unpaired) electrons. The molecule has 0 amide bonds. The number of methoxy groups -OCH3 is 1. The first-order valence-electron chi connectivity index (χ1n) is 8.67. The quantitative estimate of drug-likeness (QED) is 0.657. The van der Waals surface area contributed by atoms with E-state index in [-0.39, 0.29) is 18.8 Å². The molecule has 3 aliphatic rings. The maximum atomic E-state index is 12.7. The molecule has 0 aromatic rings. The Morgan fingerprint density at radius 3 is 2.43 bits per heavy atom. The summed E-state index contributed by atoms with van der Waals surface area (Å²) in [5.74, 6) is 1.03. The minimum atomic E-state index is -3.44. The average molecular weight is 347 g/mol. The highest BCUT2D eigenvalue weighted by atomic mass is 32.2. The Kier molecular flexibility index (Phi) is 5.60. The van der Waals surface area contributed by atoms with Crippen LogP contribution in [0.25, 0.3) is 0 Å². The summed E-state index contributed by atoms with van der Waals surface area (Å²) >= 11 is 0. The molecule has 0 bridgehead atoms. The summed E-state index contributed by atoms with van der Waals surface area (Å²) in [7, 11) is -1.75. The molecular formula is C15H29N3O4S. The van der Waals surface area contributed by atoms with Crippen molar-refractivity contribution in [3.05, 3.63) is 0 Å². The number of piperidine rings is 1. The highest BCUT2D eigenvalue weighted by Gasteiger charge is 2.44. The lowest BCUT2D eigenvalue weighted by Crippen LogP contribution is -2.51. The van der Waals surface area contributed by atoms with Gasteiger partial charge in [0.2, 0.25) is 0 Å². The number of β-amino-alcohol motifs (C(OH)–C–C–N with tert-alkyl or cyclic N) is 1. The zero-order valence-electron chi connectivity index (χ0n) is 13.9. The first kappa shape index (κ1) is 17.6. The van der Waals surface area contributed by atoms with E-state index < -0.39 is 10.2 Å². The van der Waals surface area contributed by atoms with Gasteiger partial charge in [-0.25, -0.2) is 0 Å². The SMILES string of the molecule is COC1CCN(S(=O)(=O)N[C@@H]2CN(CCO)C[C@H]2C2CC2)CC1. The molecular weight excluding hydrogens is 318 g/mol. The number of nitrogens with one attached hydrogen (secondary N) is 1. The van der Waals surface area contributed by atoms with Crippen molar-refractivity contribution >= 4 is 10.2 Å². The van der Waals surface area contributed by atoms with Crippen molar-refractivity contribution in [3.63, 3.8) is 0 Å². The second-order valence-corrected chi connectivity index (χ2v) is 8.75. The lowest BCUT2D eigenvalue weighted by atomic mass is 9.99. The molecule has 0 aromatic carbocycles. The van der Waals surface area contributed by atoms with Crippen molar-refractivity contribution in [3.8, 4) is 0 Å². The van der Waals surface area contributed by atoms with Gasteiger partial charge in [-0.15, -0.1) is 0 Å². The first-order chi connectivity index (χ1) is 11.0. The maximum absolute atomic E-state index is 12.7. The number of likely N-dealkylation sites (tertiary alicyclic amines) is 1. The van der Waals surface area contributed by atoms with Gasteiger partial charge in [-0.2, -0.15) is 17.4 Å². The zero-order valence-corrected chi connectivity index (χ0v) is 14.7. The summed E-state index contributed by atoms with van der Waals surface area (Å²) in [6.07, 6.45) is 4.09. The fraction of sp³-hybridized carbons (Fsp3) is 1.00. The number of hydrogen-bond acceptors (Lipinski definition) is 5. The van der Waals surface area contributed by atoms with E-state index in [4.69, 9.17) is 9.84 Å². The predicted octanol–water partition coefficient (Wildman–Crippen LogP) is -0.366. The molecule has 1 aliphatic carbocycles. The van der Waals surface area contributed by atoms with E-state index >= 15 is 0 Å². The van der Waals surface area contributed by atoms with Crippen LogP contribution < -0.4 is 4.72 Å². The van der Waals surface area contributed by atoms with Crippen molar-refractivity contribution in [2.24, 2.45) is 11.8 Å². The van der Waals surface area contributed by atoms with Gasteiger partial charge < -0.3 is 9.84 Å². The standard InChI is InChI=1S/C15H29N3O4S/c1-22-13-4-6-18(7-5-13)23(20,21)16-15-11-17(8-9-19)10-14(15)12-2-3-12/h12-16,19H,2-11H2,1H3/t14-,15+/m0/s1. The number of nitrogens with zero attached hydrogens (tertiary/aromatic N) is 2. The van der Waals surface area contributed by atoms with E-state index in [9.17, 15) is 8.42 Å². The van der Waals surface area contributed by atoms with Gasteiger partial charge in [0, 0.05) is 45.9 Å². The van der Waals surface area contributed by atoms with Crippen molar-refractivity contribution in [1.29, 1.82) is 0 Å². The van der Waals surface area contributed by atoms with Crippen LogP contribution in [0.4, 0.5) is 0 Å². The Labute approximate surface area is 139 Å². The number of aliphatic hydroxyl groups is 1. The van der Waals surface area contributed by atoms with Gasteiger partial charge in [-0.3, -0.25) is 4.90 Å². The van der Waals surface area contributed by atoms with E-state index in [0.717, 1.165) is 19.4 Å². The van der Waals surface area contributed by atoms with Gasteiger partial charge in [0.1, 0.15) is 0 Å². The number of hydrogen-bond donors (Lipinski definition) is 2. The Bertz CT molecular complexity index is 489. The van der Waals surface area contributed by atoms with Crippen LogP contribution in [0, 0.1) is 11.8 Å². The Hall–Kier alpha value is -0.250. The molecule has 0 unspecified atom stereocenters. The van der Waals surface area contributed by atoms with Crippen LogP contribution in [0.1, 0.15) is 25.7 Å². The minimum Gasteiger partial charge on any atom is -0.395 e. The Balaban J connectivity index is 1.60. The third kappa shape index (κ3) is 4.24. The summed E-state index contributed by atoms with van der Waals surface area (Å²) in [6.45, 7) is 3.39. The molecule has 8 heteroatoms. The van der Waals surface area contributed by atoms with Gasteiger partial charge in [0.15, 0.2) is 0 Å². The summed E-state index contributed by atoms with van der Waals surface area (Å²) in [4.78, 5) is 2.17. The smallest absolute Gasteiger partial charge is 0.279 e. The second-order valence-electron chi connectivity index (χ2n) is 7.05. The van der Waals surface area contributed by atoms with Crippen LogP contribution in [0.15, 0.2) is 0 Å². The summed E-state index contributed by atoms with van der Waals surface area (Å²) in [5, 5.41) is 9.14. The monoisotopic (exact) mass is 347 g/mol. The molecule has 3 rings (SSSR count). The molecule has 1 saturated carbocycles. The van der Waals surface area contributed by atoms with Gasteiger partial charge in [0.25, 0.3) is 10.2 Å². The van der Waals surface area contributed by atoms with Crippen molar-refractivity contribution in [2.75, 3.05) is 46.4 Å². The van der Waals surface area contributed by atoms with E-state index in [1.54, 1.807) is 11.4 Å². The molecule has 0 aromatic heterocycles. The molecule has 3 fully saturated rings.